The third kappa shape index (κ3) is 2.40. The van der Waals surface area contributed by atoms with Gasteiger partial charge in [0.25, 0.3) is 10.0 Å². The quantitative estimate of drug-likeness (QED) is 0.652. The Morgan fingerprint density at radius 2 is 2.09 bits per heavy atom. The number of thiazole rings is 1. The lowest BCUT2D eigenvalue weighted by Crippen LogP contribution is -2.11. The van der Waals surface area contributed by atoms with Crippen LogP contribution in [0.5, 0.6) is 5.75 Å². The molecule has 3 rings (SSSR count). The SMILES string of the molecule is CCc1cc2sc(S(N)(=O)=O)nc2c2c1C(=O)CCC(=O)O2. The molecule has 7 nitrogen and oxygen atoms in total. The predicted molar refractivity (Wildman–Crippen MR) is 79.6 cm³/mol. The Morgan fingerprint density at radius 3 is 2.73 bits per heavy atom. The minimum atomic E-state index is -3.96. The van der Waals surface area contributed by atoms with Crippen LogP contribution in [0.15, 0.2) is 10.4 Å². The molecule has 116 valence electrons. The number of rotatable bonds is 2. The number of ether oxygens (including phenoxy) is 1. The number of Topliss-reactive ketones (excluding diaryl/α,β-unsaturated/α-hetero) is 1. The van der Waals surface area contributed by atoms with Crippen molar-refractivity contribution in [3.63, 3.8) is 0 Å². The summed E-state index contributed by atoms with van der Waals surface area (Å²) in [6.45, 7) is 1.86. The van der Waals surface area contributed by atoms with Crippen LogP contribution >= 0.6 is 11.3 Å². The van der Waals surface area contributed by atoms with Gasteiger partial charge in [-0.25, -0.2) is 18.5 Å². The van der Waals surface area contributed by atoms with Crippen LogP contribution in [0.3, 0.4) is 0 Å². The van der Waals surface area contributed by atoms with Crippen molar-refractivity contribution in [2.75, 3.05) is 0 Å². The van der Waals surface area contributed by atoms with Gasteiger partial charge in [-0.15, -0.1) is 11.3 Å². The largest absolute Gasteiger partial charge is 0.423 e. The van der Waals surface area contributed by atoms with Crippen molar-refractivity contribution < 1.29 is 22.7 Å². The summed E-state index contributed by atoms with van der Waals surface area (Å²) in [7, 11) is -3.96. The van der Waals surface area contributed by atoms with Crippen LogP contribution in [0.4, 0.5) is 0 Å². The first-order chi connectivity index (χ1) is 10.3. The van der Waals surface area contributed by atoms with Crippen LogP contribution in [-0.4, -0.2) is 25.2 Å². The topological polar surface area (TPSA) is 116 Å². The molecule has 0 radical (unpaired) electrons. The summed E-state index contributed by atoms with van der Waals surface area (Å²) in [5, 5.41) is 5.10. The summed E-state index contributed by atoms with van der Waals surface area (Å²) in [6.07, 6.45) is 0.602. The summed E-state index contributed by atoms with van der Waals surface area (Å²) in [4.78, 5) is 27.9. The zero-order chi connectivity index (χ0) is 16.1. The summed E-state index contributed by atoms with van der Waals surface area (Å²) in [6, 6.07) is 1.71. The molecule has 0 saturated carbocycles. The third-order valence-corrected chi connectivity index (χ3v) is 5.70. The zero-order valence-electron chi connectivity index (χ0n) is 11.6. The molecular formula is C13H12N2O5S2. The number of hydrogen-bond donors (Lipinski definition) is 1. The highest BCUT2D eigenvalue weighted by Gasteiger charge is 2.29. The first-order valence-corrected chi connectivity index (χ1v) is 8.90. The first-order valence-electron chi connectivity index (χ1n) is 6.54. The Kier molecular flexibility index (Phi) is 3.50. The highest BCUT2D eigenvalue weighted by atomic mass is 32.2. The standard InChI is InChI=1S/C13H12N2O5S2/c1-2-6-5-8-11(15-13(21-8)22(14,18)19)12-10(6)7(16)3-4-9(17)20-12/h5H,2-4H2,1H3,(H2,14,18,19). The van der Waals surface area contributed by atoms with E-state index in [4.69, 9.17) is 9.88 Å². The first kappa shape index (κ1) is 15.1. The number of aryl methyl sites for hydroxylation is 1. The van der Waals surface area contributed by atoms with E-state index in [0.29, 0.717) is 22.2 Å². The van der Waals surface area contributed by atoms with Crippen molar-refractivity contribution in [3.05, 3.63) is 17.2 Å². The molecule has 2 aromatic rings. The van der Waals surface area contributed by atoms with Gasteiger partial charge in [0, 0.05) is 6.42 Å². The van der Waals surface area contributed by atoms with Crippen molar-refractivity contribution in [2.24, 2.45) is 5.14 Å². The molecule has 0 aliphatic carbocycles. The van der Waals surface area contributed by atoms with Crippen LogP contribution < -0.4 is 9.88 Å². The molecule has 0 unspecified atom stereocenters. The summed E-state index contributed by atoms with van der Waals surface area (Å²) in [5.74, 6) is -0.690. The van der Waals surface area contributed by atoms with Crippen LogP contribution in [0, 0.1) is 0 Å². The monoisotopic (exact) mass is 340 g/mol. The lowest BCUT2D eigenvalue weighted by molar-refractivity contribution is -0.134. The van der Waals surface area contributed by atoms with Crippen molar-refractivity contribution in [2.45, 2.75) is 30.5 Å². The van der Waals surface area contributed by atoms with Crippen molar-refractivity contribution >= 4 is 43.3 Å². The van der Waals surface area contributed by atoms with E-state index in [1.54, 1.807) is 6.07 Å². The third-order valence-electron chi connectivity index (χ3n) is 3.38. The molecule has 9 heteroatoms. The number of ketones is 1. The Balaban J connectivity index is 2.40. The maximum absolute atomic E-state index is 12.3. The van der Waals surface area contributed by atoms with Gasteiger partial charge in [-0.2, -0.15) is 0 Å². The van der Waals surface area contributed by atoms with Gasteiger partial charge in [0.15, 0.2) is 11.5 Å². The maximum atomic E-state index is 12.3. The minimum Gasteiger partial charge on any atom is -0.423 e. The normalized spacial score (nSPS) is 15.5. The number of benzene rings is 1. The summed E-state index contributed by atoms with van der Waals surface area (Å²) < 4.78 is 28.4. The number of nitrogens with two attached hydrogens (primary N) is 1. The highest BCUT2D eigenvalue weighted by molar-refractivity contribution is 7.91. The number of primary sulfonamides is 1. The second-order valence-electron chi connectivity index (χ2n) is 4.86. The van der Waals surface area contributed by atoms with Crippen LogP contribution in [0.25, 0.3) is 10.2 Å². The van der Waals surface area contributed by atoms with Crippen molar-refractivity contribution in [1.82, 2.24) is 4.98 Å². The molecule has 0 spiro atoms. The molecule has 0 amide bonds. The molecule has 1 aromatic carbocycles. The van der Waals surface area contributed by atoms with E-state index in [-0.39, 0.29) is 34.2 Å². The molecule has 1 aromatic heterocycles. The van der Waals surface area contributed by atoms with E-state index < -0.39 is 16.0 Å². The minimum absolute atomic E-state index is 0.00958. The van der Waals surface area contributed by atoms with Crippen LogP contribution in [0.1, 0.15) is 35.7 Å². The van der Waals surface area contributed by atoms with Gasteiger partial charge in [-0.05, 0) is 18.1 Å². The predicted octanol–water partition coefficient (Wildman–Crippen LogP) is 1.39. The number of esters is 1. The molecule has 0 atom stereocenters. The molecule has 22 heavy (non-hydrogen) atoms. The summed E-state index contributed by atoms with van der Waals surface area (Å²) in [5.41, 5.74) is 1.20. The van der Waals surface area contributed by atoms with Gasteiger partial charge in [0.1, 0.15) is 5.52 Å². The number of hydrogen-bond acceptors (Lipinski definition) is 7. The van der Waals surface area contributed by atoms with Crippen LogP contribution in [-0.2, 0) is 21.2 Å². The molecule has 0 bridgehead atoms. The Bertz CT molecular complexity index is 914. The molecule has 1 aliphatic heterocycles. The van der Waals surface area contributed by atoms with Gasteiger partial charge in [-0.1, -0.05) is 6.92 Å². The number of carbonyl (C=O) groups is 2. The average molecular weight is 340 g/mol. The highest BCUT2D eigenvalue weighted by Crippen LogP contribution is 2.39. The maximum Gasteiger partial charge on any atom is 0.311 e. The van der Waals surface area contributed by atoms with Gasteiger partial charge in [0.05, 0.1) is 16.7 Å². The number of nitrogens with zero attached hydrogens (tertiary/aromatic N) is 1. The van der Waals surface area contributed by atoms with E-state index in [1.165, 1.54) is 0 Å². The Morgan fingerprint density at radius 1 is 1.36 bits per heavy atom. The number of fused-ring (bicyclic) bond motifs is 3. The summed E-state index contributed by atoms with van der Waals surface area (Å²) >= 11 is 0.889. The average Bonchev–Trinajstić information content (AvgIpc) is 2.82. The second kappa shape index (κ2) is 5.11. The molecule has 2 N–H and O–H groups in total. The zero-order valence-corrected chi connectivity index (χ0v) is 13.2. The Hall–Kier alpha value is -1.84. The second-order valence-corrected chi connectivity index (χ2v) is 7.63. The van der Waals surface area contributed by atoms with E-state index in [9.17, 15) is 18.0 Å². The molecule has 2 heterocycles. The van der Waals surface area contributed by atoms with E-state index in [0.717, 1.165) is 11.3 Å². The van der Waals surface area contributed by atoms with E-state index >= 15 is 0 Å². The fraction of sp³-hybridized carbons (Fsp3) is 0.308. The van der Waals surface area contributed by atoms with Gasteiger partial charge in [-0.3, -0.25) is 9.59 Å². The molecule has 0 saturated heterocycles. The molecule has 0 fully saturated rings. The number of sulfonamides is 1. The van der Waals surface area contributed by atoms with Crippen molar-refractivity contribution in [1.29, 1.82) is 0 Å². The Labute approximate surface area is 130 Å². The van der Waals surface area contributed by atoms with E-state index in [1.807, 2.05) is 6.92 Å². The van der Waals surface area contributed by atoms with Gasteiger partial charge < -0.3 is 4.74 Å². The number of carbonyl (C=O) groups excluding carboxylic acids is 2. The van der Waals surface area contributed by atoms with Gasteiger partial charge in [0.2, 0.25) is 4.34 Å². The van der Waals surface area contributed by atoms with E-state index in [2.05, 4.69) is 4.98 Å². The fourth-order valence-corrected chi connectivity index (χ4v) is 4.09. The smallest absolute Gasteiger partial charge is 0.311 e. The fourth-order valence-electron chi connectivity index (χ4n) is 2.38. The lowest BCUT2D eigenvalue weighted by Gasteiger charge is -2.10. The van der Waals surface area contributed by atoms with Crippen LogP contribution in [0.2, 0.25) is 0 Å². The molecule has 1 aliphatic rings. The lowest BCUT2D eigenvalue weighted by atomic mass is 9.98. The van der Waals surface area contributed by atoms with Crippen molar-refractivity contribution in [3.8, 4) is 5.75 Å². The molecular weight excluding hydrogens is 328 g/mol. The number of aromatic nitrogens is 1. The van der Waals surface area contributed by atoms with Gasteiger partial charge >= 0.3 is 5.97 Å².